The molecule has 28 heavy (non-hydrogen) atoms. The van der Waals surface area contributed by atoms with Crippen molar-refractivity contribution in [2.45, 2.75) is 6.54 Å². The van der Waals surface area contributed by atoms with Crippen LogP contribution in [-0.4, -0.2) is 45.2 Å². The molecule has 7 nitrogen and oxygen atoms in total. The summed E-state index contributed by atoms with van der Waals surface area (Å²) in [5, 5.41) is 17.0. The molecule has 0 saturated carbocycles. The quantitative estimate of drug-likeness (QED) is 0.343. The number of anilines is 3. The number of aromatic hydroxyl groups is 1. The van der Waals surface area contributed by atoms with E-state index >= 15 is 0 Å². The second-order valence-electron chi connectivity index (χ2n) is 6.41. The average molecular weight is 462 g/mol. The first kappa shape index (κ1) is 20.2. The highest BCUT2D eigenvalue weighted by Crippen LogP contribution is 2.36. The molecule has 0 fully saturated rings. The summed E-state index contributed by atoms with van der Waals surface area (Å²) in [5.41, 5.74) is 1.74. The lowest BCUT2D eigenvalue weighted by atomic mass is 10.1. The molecule has 1 heterocycles. The molecule has 9 heteroatoms. The number of phenols is 1. The molecular formula is C19H20BrN5O2S. The number of hydrogen-bond acceptors (Lipinski definition) is 8. The standard InChI is InChI=1S/C19H20BrN5O2S/c1-25(2)11-15(26)16-13(20)8-9-14(17(16)27)22-19-18(23-28-24-19)21-10-12-6-4-3-5-7-12/h3-9,27H,10-11H2,1-2H3,(H,21,23)(H,22,24). The molecule has 0 aliphatic carbocycles. The van der Waals surface area contributed by atoms with E-state index in [4.69, 9.17) is 0 Å². The van der Waals surface area contributed by atoms with Crippen LogP contribution in [0.2, 0.25) is 0 Å². The minimum Gasteiger partial charge on any atom is -0.505 e. The zero-order valence-electron chi connectivity index (χ0n) is 15.4. The fourth-order valence-corrected chi connectivity index (χ4v) is 3.62. The molecule has 0 spiro atoms. The number of carbonyl (C=O) groups is 1. The zero-order chi connectivity index (χ0) is 20.1. The first-order valence-electron chi connectivity index (χ1n) is 8.52. The number of aromatic nitrogens is 2. The van der Waals surface area contributed by atoms with Crippen LogP contribution in [0.4, 0.5) is 17.3 Å². The van der Waals surface area contributed by atoms with Crippen molar-refractivity contribution in [1.82, 2.24) is 13.6 Å². The summed E-state index contributed by atoms with van der Waals surface area (Å²) < 4.78 is 9.06. The SMILES string of the molecule is CN(C)CC(=O)c1c(Br)ccc(Nc2nsnc2NCc2ccccc2)c1O. The van der Waals surface area contributed by atoms with Crippen LogP contribution in [0.25, 0.3) is 0 Å². The molecule has 0 aliphatic heterocycles. The van der Waals surface area contributed by atoms with E-state index in [1.165, 1.54) is 0 Å². The number of Topliss-reactive ketones (excluding diaryl/α,β-unsaturated/α-hetero) is 1. The van der Waals surface area contributed by atoms with Gasteiger partial charge in [0.2, 0.25) is 0 Å². The molecular weight excluding hydrogens is 442 g/mol. The molecule has 0 atom stereocenters. The predicted molar refractivity (Wildman–Crippen MR) is 116 cm³/mol. The van der Waals surface area contributed by atoms with Crippen LogP contribution in [0.15, 0.2) is 46.9 Å². The van der Waals surface area contributed by atoms with Gasteiger partial charge in [0.05, 0.1) is 29.5 Å². The Balaban J connectivity index is 1.79. The van der Waals surface area contributed by atoms with Gasteiger partial charge in [0.25, 0.3) is 0 Å². The molecule has 0 aliphatic rings. The van der Waals surface area contributed by atoms with Crippen molar-refractivity contribution in [2.75, 3.05) is 31.3 Å². The highest BCUT2D eigenvalue weighted by Gasteiger charge is 2.20. The number of nitrogens with zero attached hydrogens (tertiary/aromatic N) is 3. The van der Waals surface area contributed by atoms with Crippen molar-refractivity contribution in [3.63, 3.8) is 0 Å². The van der Waals surface area contributed by atoms with Gasteiger partial charge in [-0.2, -0.15) is 8.75 Å². The van der Waals surface area contributed by atoms with Crippen molar-refractivity contribution in [3.8, 4) is 5.75 Å². The van der Waals surface area contributed by atoms with Crippen molar-refractivity contribution >= 4 is 50.8 Å². The first-order chi connectivity index (χ1) is 13.5. The third-order valence-corrected chi connectivity index (χ3v) is 5.10. The summed E-state index contributed by atoms with van der Waals surface area (Å²) in [4.78, 5) is 14.2. The number of carbonyl (C=O) groups excluding carboxylic acids is 1. The maximum Gasteiger partial charge on any atom is 0.188 e. The lowest BCUT2D eigenvalue weighted by Gasteiger charge is -2.14. The predicted octanol–water partition coefficient (Wildman–Crippen LogP) is 4.11. The minimum atomic E-state index is -0.183. The summed E-state index contributed by atoms with van der Waals surface area (Å²) in [6.45, 7) is 0.789. The Kier molecular flexibility index (Phi) is 6.61. The summed E-state index contributed by atoms with van der Waals surface area (Å²) in [7, 11) is 3.60. The number of hydrogen-bond donors (Lipinski definition) is 3. The van der Waals surface area contributed by atoms with Gasteiger partial charge in [0, 0.05) is 11.0 Å². The summed E-state index contributed by atoms with van der Waals surface area (Å²) >= 11 is 4.41. The second-order valence-corrected chi connectivity index (χ2v) is 7.79. The van der Waals surface area contributed by atoms with Gasteiger partial charge in [0.15, 0.2) is 23.2 Å². The van der Waals surface area contributed by atoms with Crippen molar-refractivity contribution in [3.05, 3.63) is 58.1 Å². The number of halogens is 1. The Morgan fingerprint density at radius 3 is 2.57 bits per heavy atom. The van der Waals surface area contributed by atoms with Crippen molar-refractivity contribution < 1.29 is 9.90 Å². The van der Waals surface area contributed by atoms with Gasteiger partial charge in [-0.1, -0.05) is 30.3 Å². The molecule has 0 unspecified atom stereocenters. The maximum atomic E-state index is 12.5. The largest absolute Gasteiger partial charge is 0.505 e. The van der Waals surface area contributed by atoms with Gasteiger partial charge in [-0.15, -0.1) is 0 Å². The van der Waals surface area contributed by atoms with Gasteiger partial charge in [-0.3, -0.25) is 4.79 Å². The van der Waals surface area contributed by atoms with E-state index in [2.05, 4.69) is 35.3 Å². The molecule has 146 valence electrons. The molecule has 3 N–H and O–H groups in total. The summed E-state index contributed by atoms with van der Waals surface area (Å²) in [6, 6.07) is 13.4. The van der Waals surface area contributed by atoms with Gasteiger partial charge < -0.3 is 20.6 Å². The van der Waals surface area contributed by atoms with Crippen LogP contribution >= 0.6 is 27.7 Å². The number of likely N-dealkylation sites (N-methyl/N-ethyl adjacent to an activating group) is 1. The molecule has 0 bridgehead atoms. The molecule has 2 aromatic carbocycles. The number of nitrogens with one attached hydrogen (secondary N) is 2. The third-order valence-electron chi connectivity index (χ3n) is 3.91. The smallest absolute Gasteiger partial charge is 0.188 e. The Morgan fingerprint density at radius 1 is 1.14 bits per heavy atom. The van der Waals surface area contributed by atoms with E-state index in [1.807, 2.05) is 30.3 Å². The van der Waals surface area contributed by atoms with Crippen LogP contribution < -0.4 is 10.6 Å². The monoisotopic (exact) mass is 461 g/mol. The highest BCUT2D eigenvalue weighted by atomic mass is 79.9. The van der Waals surface area contributed by atoms with E-state index < -0.39 is 0 Å². The van der Waals surface area contributed by atoms with Crippen LogP contribution in [0.5, 0.6) is 5.75 Å². The van der Waals surface area contributed by atoms with Crippen LogP contribution in [0, 0.1) is 0 Å². The summed E-state index contributed by atoms with van der Waals surface area (Å²) in [5.74, 6) is 0.766. The van der Waals surface area contributed by atoms with Crippen molar-refractivity contribution in [2.24, 2.45) is 0 Å². The second kappa shape index (κ2) is 9.13. The van der Waals surface area contributed by atoms with E-state index in [9.17, 15) is 9.90 Å². The molecule has 0 amide bonds. The number of phenolic OH excluding ortho intramolecular Hbond substituents is 1. The number of rotatable bonds is 8. The maximum absolute atomic E-state index is 12.5. The third kappa shape index (κ3) is 4.86. The van der Waals surface area contributed by atoms with E-state index in [0.29, 0.717) is 28.3 Å². The van der Waals surface area contributed by atoms with E-state index in [0.717, 1.165) is 17.3 Å². The Labute approximate surface area is 175 Å². The Bertz CT molecular complexity index is 962. The van der Waals surface area contributed by atoms with Gasteiger partial charge in [0.1, 0.15) is 0 Å². The Morgan fingerprint density at radius 2 is 1.86 bits per heavy atom. The molecule has 0 saturated heterocycles. The lowest BCUT2D eigenvalue weighted by molar-refractivity contribution is 0.0954. The molecule has 3 rings (SSSR count). The van der Waals surface area contributed by atoms with Crippen molar-refractivity contribution in [1.29, 1.82) is 0 Å². The summed E-state index contributed by atoms with van der Waals surface area (Å²) in [6.07, 6.45) is 0. The number of ketones is 1. The average Bonchev–Trinajstić information content (AvgIpc) is 3.10. The molecule has 3 aromatic rings. The fourth-order valence-electron chi connectivity index (χ4n) is 2.59. The van der Waals surface area contributed by atoms with Crippen LogP contribution in [-0.2, 0) is 6.54 Å². The normalized spacial score (nSPS) is 10.9. The van der Waals surface area contributed by atoms with Gasteiger partial charge >= 0.3 is 0 Å². The fraction of sp³-hybridized carbons (Fsp3) is 0.211. The van der Waals surface area contributed by atoms with Crippen LogP contribution in [0.1, 0.15) is 15.9 Å². The van der Waals surface area contributed by atoms with Gasteiger partial charge in [-0.25, -0.2) is 0 Å². The topological polar surface area (TPSA) is 90.4 Å². The van der Waals surface area contributed by atoms with E-state index in [1.54, 1.807) is 31.1 Å². The zero-order valence-corrected chi connectivity index (χ0v) is 17.8. The molecule has 1 aromatic heterocycles. The van der Waals surface area contributed by atoms with E-state index in [-0.39, 0.29) is 23.6 Å². The minimum absolute atomic E-state index is 0.122. The lowest BCUT2D eigenvalue weighted by Crippen LogP contribution is -2.22. The Hall–Kier alpha value is -2.49. The highest BCUT2D eigenvalue weighted by molar-refractivity contribution is 9.10. The molecule has 0 radical (unpaired) electrons. The van der Waals surface area contributed by atoms with Crippen LogP contribution in [0.3, 0.4) is 0 Å². The first-order valence-corrected chi connectivity index (χ1v) is 10.0. The van der Waals surface area contributed by atoms with Gasteiger partial charge in [-0.05, 0) is 47.7 Å². The number of benzene rings is 2.